The van der Waals surface area contributed by atoms with Crippen molar-refractivity contribution in [3.05, 3.63) is 35.7 Å². The first kappa shape index (κ1) is 11.2. The Balaban J connectivity index is 2.60. The molecule has 80 valence electrons. The lowest BCUT2D eigenvalue weighted by molar-refractivity contribution is -0.118. The van der Waals surface area contributed by atoms with E-state index in [0.717, 1.165) is 0 Å². The summed E-state index contributed by atoms with van der Waals surface area (Å²) >= 11 is 0. The molecule has 1 aromatic carbocycles. The summed E-state index contributed by atoms with van der Waals surface area (Å²) < 4.78 is 13.2. The van der Waals surface area contributed by atoms with E-state index in [9.17, 15) is 9.18 Å². The molecule has 0 bridgehead atoms. The Morgan fingerprint density at radius 1 is 1.60 bits per heavy atom. The predicted molar refractivity (Wildman–Crippen MR) is 58.5 cm³/mol. The second-order valence-electron chi connectivity index (χ2n) is 3.12. The fraction of sp³-hybridized carbons (Fsp3) is 0.182. The van der Waals surface area contributed by atoms with Gasteiger partial charge in [-0.15, -0.1) is 0 Å². The van der Waals surface area contributed by atoms with Crippen LogP contribution in [0.2, 0.25) is 0 Å². The van der Waals surface area contributed by atoms with E-state index in [1.54, 1.807) is 24.3 Å². The first-order valence-electron chi connectivity index (χ1n) is 4.55. The molecule has 0 saturated carbocycles. The van der Waals surface area contributed by atoms with E-state index >= 15 is 0 Å². The van der Waals surface area contributed by atoms with Crippen LogP contribution < -0.4 is 11.1 Å². The summed E-state index contributed by atoms with van der Waals surface area (Å²) in [5, 5.41) is 2.57. The number of rotatable bonds is 3. The molecule has 0 aliphatic heterocycles. The molecule has 0 fully saturated rings. The first-order valence-corrected chi connectivity index (χ1v) is 4.55. The Bertz CT molecular complexity index is 388. The van der Waals surface area contributed by atoms with Gasteiger partial charge < -0.3 is 11.1 Å². The van der Waals surface area contributed by atoms with Crippen molar-refractivity contribution in [2.45, 2.75) is 6.92 Å². The van der Waals surface area contributed by atoms with Crippen LogP contribution in [0.4, 0.5) is 10.1 Å². The molecule has 1 rings (SSSR count). The second kappa shape index (κ2) is 5.14. The second-order valence-corrected chi connectivity index (χ2v) is 3.12. The van der Waals surface area contributed by atoms with Gasteiger partial charge in [0.1, 0.15) is 5.82 Å². The van der Waals surface area contributed by atoms with Crippen molar-refractivity contribution in [2.24, 2.45) is 0 Å². The van der Waals surface area contributed by atoms with Gasteiger partial charge in [0, 0.05) is 24.7 Å². The maximum absolute atomic E-state index is 13.2. The number of benzene rings is 1. The van der Waals surface area contributed by atoms with E-state index in [4.69, 9.17) is 5.73 Å². The van der Waals surface area contributed by atoms with Crippen molar-refractivity contribution in [1.29, 1.82) is 0 Å². The number of nitrogen functional groups attached to an aromatic ring is 1. The van der Waals surface area contributed by atoms with Gasteiger partial charge in [-0.2, -0.15) is 0 Å². The molecule has 1 amide bonds. The highest BCUT2D eigenvalue weighted by Crippen LogP contribution is 2.12. The lowest BCUT2D eigenvalue weighted by Crippen LogP contribution is -2.19. The molecule has 0 unspecified atom stereocenters. The van der Waals surface area contributed by atoms with Gasteiger partial charge in [-0.3, -0.25) is 4.79 Å². The zero-order valence-corrected chi connectivity index (χ0v) is 8.46. The highest BCUT2D eigenvalue weighted by molar-refractivity contribution is 5.73. The zero-order valence-electron chi connectivity index (χ0n) is 8.46. The summed E-state index contributed by atoms with van der Waals surface area (Å²) in [5.41, 5.74) is 6.25. The van der Waals surface area contributed by atoms with Crippen molar-refractivity contribution < 1.29 is 9.18 Å². The van der Waals surface area contributed by atoms with Gasteiger partial charge in [-0.1, -0.05) is 18.2 Å². The number of nitrogens with two attached hydrogens (primary N) is 1. The Morgan fingerprint density at radius 2 is 2.33 bits per heavy atom. The van der Waals surface area contributed by atoms with Crippen LogP contribution in [0, 0.1) is 5.82 Å². The third-order valence-electron chi connectivity index (χ3n) is 1.79. The Kier molecular flexibility index (Phi) is 3.85. The van der Waals surface area contributed by atoms with Crippen LogP contribution in [0.25, 0.3) is 6.08 Å². The van der Waals surface area contributed by atoms with Gasteiger partial charge in [-0.25, -0.2) is 4.39 Å². The zero-order chi connectivity index (χ0) is 11.3. The Morgan fingerprint density at radius 3 is 2.93 bits per heavy atom. The predicted octanol–water partition coefficient (Wildman–Crippen LogP) is 1.56. The molecule has 0 heterocycles. The van der Waals surface area contributed by atoms with Gasteiger partial charge in [0.25, 0.3) is 0 Å². The van der Waals surface area contributed by atoms with E-state index in [-0.39, 0.29) is 11.7 Å². The van der Waals surface area contributed by atoms with Crippen LogP contribution in [0.3, 0.4) is 0 Å². The molecular formula is C11H13FN2O. The summed E-state index contributed by atoms with van der Waals surface area (Å²) in [6, 6.07) is 4.48. The standard InChI is InChI=1S/C11H13FN2O/c1-8(15)14-6-2-3-9-4-5-10(13)7-11(9)12/h2-5,7H,6,13H2,1H3,(H,14,15). The molecule has 4 heteroatoms. The largest absolute Gasteiger partial charge is 0.399 e. The number of carbonyl (C=O) groups excluding carboxylic acids is 1. The summed E-state index contributed by atoms with van der Waals surface area (Å²) in [5.74, 6) is -0.480. The van der Waals surface area contributed by atoms with Gasteiger partial charge in [-0.05, 0) is 12.1 Å². The molecular weight excluding hydrogens is 195 g/mol. The lowest BCUT2D eigenvalue weighted by atomic mass is 10.2. The van der Waals surface area contributed by atoms with Gasteiger partial charge >= 0.3 is 0 Å². The molecule has 0 spiro atoms. The third kappa shape index (κ3) is 3.81. The molecule has 3 nitrogen and oxygen atoms in total. The lowest BCUT2D eigenvalue weighted by Gasteiger charge is -1.99. The molecule has 0 aromatic heterocycles. The van der Waals surface area contributed by atoms with Gasteiger partial charge in [0.05, 0.1) is 0 Å². The molecule has 15 heavy (non-hydrogen) atoms. The topological polar surface area (TPSA) is 55.1 Å². The SMILES string of the molecule is CC(=O)NCC=Cc1ccc(N)cc1F. The van der Waals surface area contributed by atoms with E-state index < -0.39 is 0 Å². The maximum atomic E-state index is 13.2. The van der Waals surface area contributed by atoms with Crippen molar-refractivity contribution in [3.8, 4) is 0 Å². The summed E-state index contributed by atoms with van der Waals surface area (Å²) in [6.45, 7) is 1.82. The highest BCUT2D eigenvalue weighted by atomic mass is 19.1. The van der Waals surface area contributed by atoms with E-state index in [2.05, 4.69) is 5.32 Å². The number of anilines is 1. The molecule has 1 aromatic rings. The smallest absolute Gasteiger partial charge is 0.217 e. The van der Waals surface area contributed by atoms with Crippen LogP contribution in [-0.2, 0) is 4.79 Å². The minimum Gasteiger partial charge on any atom is -0.399 e. The van der Waals surface area contributed by atoms with Gasteiger partial charge in [0.2, 0.25) is 5.91 Å². The van der Waals surface area contributed by atoms with Gasteiger partial charge in [0.15, 0.2) is 0 Å². The van der Waals surface area contributed by atoms with E-state index in [1.807, 2.05) is 0 Å². The molecule has 3 N–H and O–H groups in total. The maximum Gasteiger partial charge on any atom is 0.217 e. The molecule has 0 radical (unpaired) electrons. The fourth-order valence-corrected chi connectivity index (χ4v) is 1.07. The van der Waals surface area contributed by atoms with Crippen molar-refractivity contribution >= 4 is 17.7 Å². The van der Waals surface area contributed by atoms with Crippen molar-refractivity contribution in [1.82, 2.24) is 5.32 Å². The fourth-order valence-electron chi connectivity index (χ4n) is 1.07. The number of carbonyl (C=O) groups is 1. The van der Waals surface area contributed by atoms with E-state index in [1.165, 1.54) is 13.0 Å². The summed E-state index contributed by atoms with van der Waals surface area (Å²) in [7, 11) is 0. The quantitative estimate of drug-likeness (QED) is 0.740. The van der Waals surface area contributed by atoms with Crippen LogP contribution in [-0.4, -0.2) is 12.5 Å². The van der Waals surface area contributed by atoms with Crippen LogP contribution >= 0.6 is 0 Å². The van der Waals surface area contributed by atoms with Crippen molar-refractivity contribution in [2.75, 3.05) is 12.3 Å². The first-order chi connectivity index (χ1) is 7.09. The Hall–Kier alpha value is -1.84. The number of halogens is 1. The number of hydrogen-bond donors (Lipinski definition) is 2. The minimum absolute atomic E-state index is 0.113. The summed E-state index contributed by atoms with van der Waals surface area (Å²) in [4.78, 5) is 10.5. The normalized spacial score (nSPS) is 10.5. The molecule has 0 aliphatic rings. The molecule has 0 aliphatic carbocycles. The number of amides is 1. The molecule has 0 atom stereocenters. The minimum atomic E-state index is -0.367. The van der Waals surface area contributed by atoms with E-state index in [0.29, 0.717) is 17.8 Å². The number of hydrogen-bond acceptors (Lipinski definition) is 2. The Labute approximate surface area is 87.8 Å². The summed E-state index contributed by atoms with van der Waals surface area (Å²) in [6.07, 6.45) is 3.28. The highest BCUT2D eigenvalue weighted by Gasteiger charge is 1.97. The van der Waals surface area contributed by atoms with Crippen molar-refractivity contribution in [3.63, 3.8) is 0 Å². The van der Waals surface area contributed by atoms with Crippen LogP contribution in [0.5, 0.6) is 0 Å². The number of nitrogens with one attached hydrogen (secondary N) is 1. The van der Waals surface area contributed by atoms with Crippen LogP contribution in [0.1, 0.15) is 12.5 Å². The molecule has 0 saturated heterocycles. The monoisotopic (exact) mass is 208 g/mol. The van der Waals surface area contributed by atoms with Crippen LogP contribution in [0.15, 0.2) is 24.3 Å². The third-order valence-corrected chi connectivity index (χ3v) is 1.79. The average Bonchev–Trinajstić information content (AvgIpc) is 2.14. The average molecular weight is 208 g/mol.